The van der Waals surface area contributed by atoms with E-state index < -0.39 is 0 Å². The van der Waals surface area contributed by atoms with E-state index in [2.05, 4.69) is 20.7 Å². The molecular formula is C16H16BrNO4. The molecule has 0 aliphatic heterocycles. The van der Waals surface area contributed by atoms with Crippen LogP contribution in [0.1, 0.15) is 22.5 Å². The Labute approximate surface area is 137 Å². The maximum Gasteiger partial charge on any atom is 0.307 e. The summed E-state index contributed by atoms with van der Waals surface area (Å²) in [5.41, 5.74) is 0.978. The van der Waals surface area contributed by atoms with E-state index in [9.17, 15) is 9.59 Å². The minimum absolute atomic E-state index is 0.136. The zero-order valence-electron chi connectivity index (χ0n) is 12.1. The minimum atomic E-state index is -0.355. The number of hydrogen-bond acceptors (Lipinski definition) is 4. The second kappa shape index (κ2) is 7.79. The maximum absolute atomic E-state index is 12.5. The van der Waals surface area contributed by atoms with E-state index in [-0.39, 0.29) is 30.6 Å². The molecule has 0 N–H and O–H groups in total. The molecule has 0 saturated heterocycles. The van der Waals surface area contributed by atoms with Gasteiger partial charge < -0.3 is 14.1 Å². The van der Waals surface area contributed by atoms with E-state index in [1.165, 1.54) is 7.11 Å². The smallest absolute Gasteiger partial charge is 0.307 e. The zero-order valence-corrected chi connectivity index (χ0v) is 13.7. The number of nitrogens with zero attached hydrogens (tertiary/aromatic N) is 1. The monoisotopic (exact) mass is 365 g/mol. The van der Waals surface area contributed by atoms with Crippen LogP contribution in [0.4, 0.5) is 0 Å². The van der Waals surface area contributed by atoms with Crippen molar-refractivity contribution in [3.63, 3.8) is 0 Å². The number of carbonyl (C=O) groups is 2. The summed E-state index contributed by atoms with van der Waals surface area (Å²) in [6.07, 6.45) is 0.136. The van der Waals surface area contributed by atoms with Crippen molar-refractivity contribution in [1.29, 1.82) is 0 Å². The number of esters is 1. The maximum atomic E-state index is 12.5. The second-order valence-electron chi connectivity index (χ2n) is 4.64. The molecule has 2 aromatic rings. The van der Waals surface area contributed by atoms with Gasteiger partial charge in [-0.1, -0.05) is 30.3 Å². The van der Waals surface area contributed by atoms with E-state index >= 15 is 0 Å². The molecule has 0 aliphatic carbocycles. The summed E-state index contributed by atoms with van der Waals surface area (Å²) in [5, 5.41) is 0. The molecule has 1 aromatic carbocycles. The lowest BCUT2D eigenvalue weighted by Crippen LogP contribution is -2.32. The molecule has 0 fully saturated rings. The number of hydrogen-bond donors (Lipinski definition) is 0. The fourth-order valence-electron chi connectivity index (χ4n) is 1.97. The lowest BCUT2D eigenvalue weighted by Gasteiger charge is -2.21. The first-order chi connectivity index (χ1) is 10.6. The van der Waals surface area contributed by atoms with E-state index in [1.807, 2.05) is 30.3 Å². The number of methoxy groups -OCH3 is 1. The van der Waals surface area contributed by atoms with Crippen molar-refractivity contribution in [3.05, 3.63) is 58.5 Å². The molecule has 6 heteroatoms. The molecule has 1 aromatic heterocycles. The number of ether oxygens (including phenoxy) is 1. The van der Waals surface area contributed by atoms with Gasteiger partial charge in [0.2, 0.25) is 0 Å². The van der Waals surface area contributed by atoms with Crippen molar-refractivity contribution in [2.24, 2.45) is 0 Å². The van der Waals surface area contributed by atoms with Gasteiger partial charge >= 0.3 is 5.97 Å². The number of benzene rings is 1. The number of rotatable bonds is 6. The highest BCUT2D eigenvalue weighted by molar-refractivity contribution is 9.10. The van der Waals surface area contributed by atoms with Gasteiger partial charge in [0.25, 0.3) is 5.91 Å². The van der Waals surface area contributed by atoms with Crippen LogP contribution >= 0.6 is 15.9 Å². The summed E-state index contributed by atoms with van der Waals surface area (Å²) >= 11 is 3.18. The van der Waals surface area contributed by atoms with Crippen LogP contribution in [0.5, 0.6) is 0 Å². The summed E-state index contributed by atoms with van der Waals surface area (Å²) in [6.45, 7) is 0.660. The Morgan fingerprint density at radius 2 is 1.91 bits per heavy atom. The normalized spacial score (nSPS) is 10.3. The molecular weight excluding hydrogens is 350 g/mol. The second-order valence-corrected chi connectivity index (χ2v) is 5.42. The topological polar surface area (TPSA) is 59.8 Å². The zero-order chi connectivity index (χ0) is 15.9. The number of halogens is 1. The van der Waals surface area contributed by atoms with E-state index in [4.69, 9.17) is 4.42 Å². The largest absolute Gasteiger partial charge is 0.469 e. The lowest BCUT2D eigenvalue weighted by molar-refractivity contribution is -0.140. The van der Waals surface area contributed by atoms with Gasteiger partial charge in [0.1, 0.15) is 0 Å². The predicted octanol–water partition coefficient (Wildman–Crippen LogP) is 3.25. The summed E-state index contributed by atoms with van der Waals surface area (Å²) in [6, 6.07) is 12.8. The van der Waals surface area contributed by atoms with Gasteiger partial charge in [0, 0.05) is 13.1 Å². The van der Waals surface area contributed by atoms with Gasteiger partial charge in [-0.3, -0.25) is 9.59 Å². The Hall–Kier alpha value is -2.08. The van der Waals surface area contributed by atoms with Crippen molar-refractivity contribution < 1.29 is 18.7 Å². The SMILES string of the molecule is COC(=O)CCN(Cc1ccccc1)C(=O)c1ccc(Br)o1. The van der Waals surface area contributed by atoms with E-state index in [0.717, 1.165) is 5.56 Å². The number of furan rings is 1. The van der Waals surface area contributed by atoms with Crippen LogP contribution in [-0.4, -0.2) is 30.4 Å². The molecule has 22 heavy (non-hydrogen) atoms. The fourth-order valence-corrected chi connectivity index (χ4v) is 2.28. The third kappa shape index (κ3) is 4.46. The molecule has 0 saturated carbocycles. The first-order valence-electron chi connectivity index (χ1n) is 6.75. The minimum Gasteiger partial charge on any atom is -0.469 e. The summed E-state index contributed by atoms with van der Waals surface area (Å²) < 4.78 is 10.4. The number of amides is 1. The molecule has 0 unspecified atom stereocenters. The van der Waals surface area contributed by atoms with Crippen molar-refractivity contribution >= 4 is 27.8 Å². The predicted molar refractivity (Wildman–Crippen MR) is 84.2 cm³/mol. The molecule has 2 rings (SSSR count). The first kappa shape index (κ1) is 16.3. The third-order valence-corrected chi connectivity index (χ3v) is 3.53. The lowest BCUT2D eigenvalue weighted by atomic mass is 10.2. The van der Waals surface area contributed by atoms with Crippen LogP contribution in [0, 0.1) is 0 Å². The summed E-state index contributed by atoms with van der Waals surface area (Å²) in [4.78, 5) is 25.4. The average molecular weight is 366 g/mol. The van der Waals surface area contributed by atoms with Crippen LogP contribution in [0.15, 0.2) is 51.6 Å². The number of carbonyl (C=O) groups excluding carboxylic acids is 2. The molecule has 116 valence electrons. The molecule has 0 bridgehead atoms. The highest BCUT2D eigenvalue weighted by Crippen LogP contribution is 2.17. The van der Waals surface area contributed by atoms with Crippen LogP contribution in [-0.2, 0) is 16.1 Å². The van der Waals surface area contributed by atoms with Gasteiger partial charge in [0.05, 0.1) is 13.5 Å². The van der Waals surface area contributed by atoms with Gasteiger partial charge in [0.15, 0.2) is 10.4 Å². The quantitative estimate of drug-likeness (QED) is 0.737. The highest BCUT2D eigenvalue weighted by atomic mass is 79.9. The van der Waals surface area contributed by atoms with Gasteiger partial charge in [-0.25, -0.2) is 0 Å². The Bertz CT molecular complexity index is 639. The first-order valence-corrected chi connectivity index (χ1v) is 7.55. The van der Waals surface area contributed by atoms with Crippen LogP contribution in [0.3, 0.4) is 0 Å². The van der Waals surface area contributed by atoms with Crippen molar-refractivity contribution in [3.8, 4) is 0 Å². The van der Waals surface area contributed by atoms with Crippen molar-refractivity contribution in [2.45, 2.75) is 13.0 Å². The standard InChI is InChI=1S/C16H16BrNO4/c1-21-15(19)9-10-18(11-12-5-3-2-4-6-12)16(20)13-7-8-14(17)22-13/h2-8H,9-11H2,1H3. The Kier molecular flexibility index (Phi) is 5.77. The van der Waals surface area contributed by atoms with Gasteiger partial charge in [-0.2, -0.15) is 0 Å². The Balaban J connectivity index is 2.13. The fraction of sp³-hybridized carbons (Fsp3) is 0.250. The van der Waals surface area contributed by atoms with E-state index in [0.29, 0.717) is 11.2 Å². The molecule has 0 radical (unpaired) electrons. The highest BCUT2D eigenvalue weighted by Gasteiger charge is 2.20. The molecule has 0 atom stereocenters. The molecule has 0 spiro atoms. The molecule has 1 amide bonds. The van der Waals surface area contributed by atoms with Crippen LogP contribution in [0.2, 0.25) is 0 Å². The van der Waals surface area contributed by atoms with Crippen molar-refractivity contribution in [1.82, 2.24) is 4.90 Å². The third-order valence-electron chi connectivity index (χ3n) is 3.10. The Morgan fingerprint density at radius 1 is 1.18 bits per heavy atom. The summed E-state index contributed by atoms with van der Waals surface area (Å²) in [5.74, 6) is -0.391. The van der Waals surface area contributed by atoms with Gasteiger partial charge in [-0.15, -0.1) is 0 Å². The molecule has 1 heterocycles. The summed E-state index contributed by atoms with van der Waals surface area (Å²) in [7, 11) is 1.33. The Morgan fingerprint density at radius 3 is 2.50 bits per heavy atom. The average Bonchev–Trinajstić information content (AvgIpc) is 2.97. The van der Waals surface area contributed by atoms with E-state index in [1.54, 1.807) is 17.0 Å². The molecule has 5 nitrogen and oxygen atoms in total. The van der Waals surface area contributed by atoms with Crippen LogP contribution < -0.4 is 0 Å². The molecule has 0 aliphatic rings. The van der Waals surface area contributed by atoms with Gasteiger partial charge in [-0.05, 0) is 33.6 Å². The van der Waals surface area contributed by atoms with Crippen LogP contribution in [0.25, 0.3) is 0 Å². The van der Waals surface area contributed by atoms with Crippen molar-refractivity contribution in [2.75, 3.05) is 13.7 Å².